The highest BCUT2D eigenvalue weighted by atomic mass is 16.2. The fourth-order valence-corrected chi connectivity index (χ4v) is 3.37. The maximum atomic E-state index is 12.4. The normalized spacial score (nSPS) is 18.1. The molecular weight excluding hydrogens is 312 g/mol. The van der Waals surface area contributed by atoms with Crippen LogP contribution in [0.4, 0.5) is 0 Å². The summed E-state index contributed by atoms with van der Waals surface area (Å²) in [6.07, 6.45) is 5.02. The van der Waals surface area contributed by atoms with E-state index in [2.05, 4.69) is 53.7 Å². The van der Waals surface area contributed by atoms with E-state index in [1.54, 1.807) is 7.05 Å². The fraction of sp³-hybridized carbons (Fsp3) is 0.600. The first-order valence-electron chi connectivity index (χ1n) is 9.46. The molecule has 1 saturated heterocycles. The minimum absolute atomic E-state index is 0.242. The average Bonchev–Trinajstić information content (AvgIpc) is 2.64. The van der Waals surface area contributed by atoms with Crippen molar-refractivity contribution in [1.29, 1.82) is 0 Å². The van der Waals surface area contributed by atoms with Gasteiger partial charge in [0, 0.05) is 39.1 Å². The van der Waals surface area contributed by atoms with E-state index in [0.29, 0.717) is 19.0 Å². The predicted octanol–water partition coefficient (Wildman–Crippen LogP) is 2.71. The molecular formula is C20H32N4O. The molecule has 2 rings (SSSR count). The van der Waals surface area contributed by atoms with E-state index in [-0.39, 0.29) is 5.91 Å². The number of nitrogens with zero attached hydrogens (tertiary/aromatic N) is 2. The van der Waals surface area contributed by atoms with Gasteiger partial charge in [0.15, 0.2) is 5.96 Å². The summed E-state index contributed by atoms with van der Waals surface area (Å²) in [5.41, 5.74) is 2.63. The number of guanidine groups is 1. The minimum atomic E-state index is 0.242. The van der Waals surface area contributed by atoms with E-state index < -0.39 is 0 Å². The first kappa shape index (κ1) is 19.3. The number of hydrogen-bond donors (Lipinski definition) is 2. The molecule has 1 heterocycles. The van der Waals surface area contributed by atoms with Crippen molar-refractivity contribution >= 4 is 11.9 Å². The molecule has 1 unspecified atom stereocenters. The molecule has 1 aromatic rings. The SMILES string of the molecule is CCc1ccccc1CNC(=NC)NCCC(=O)N1CCCCC1C. The highest BCUT2D eigenvalue weighted by molar-refractivity contribution is 5.81. The Hall–Kier alpha value is -2.04. The van der Waals surface area contributed by atoms with E-state index >= 15 is 0 Å². The molecule has 1 amide bonds. The van der Waals surface area contributed by atoms with Gasteiger partial charge in [0.25, 0.3) is 0 Å². The number of piperidine rings is 1. The van der Waals surface area contributed by atoms with E-state index in [1.165, 1.54) is 17.5 Å². The number of aliphatic imine (C=N–C) groups is 1. The summed E-state index contributed by atoms with van der Waals surface area (Å²) in [4.78, 5) is 18.6. The predicted molar refractivity (Wildman–Crippen MR) is 104 cm³/mol. The zero-order valence-corrected chi connectivity index (χ0v) is 15.8. The monoisotopic (exact) mass is 344 g/mol. The van der Waals surface area contributed by atoms with Gasteiger partial charge in [-0.05, 0) is 43.7 Å². The molecule has 5 nitrogen and oxygen atoms in total. The molecule has 0 radical (unpaired) electrons. The van der Waals surface area contributed by atoms with Crippen LogP contribution in [0.5, 0.6) is 0 Å². The van der Waals surface area contributed by atoms with Gasteiger partial charge in [-0.3, -0.25) is 9.79 Å². The third-order valence-electron chi connectivity index (χ3n) is 4.92. The molecule has 1 aliphatic heterocycles. The quantitative estimate of drug-likeness (QED) is 0.616. The lowest BCUT2D eigenvalue weighted by atomic mass is 10.0. The van der Waals surface area contributed by atoms with Gasteiger partial charge < -0.3 is 15.5 Å². The van der Waals surface area contributed by atoms with Gasteiger partial charge in [0.05, 0.1) is 0 Å². The summed E-state index contributed by atoms with van der Waals surface area (Å²) >= 11 is 0. The number of benzene rings is 1. The van der Waals surface area contributed by atoms with Crippen molar-refractivity contribution in [3.63, 3.8) is 0 Å². The molecule has 1 aromatic carbocycles. The van der Waals surface area contributed by atoms with Gasteiger partial charge in [0.2, 0.25) is 5.91 Å². The van der Waals surface area contributed by atoms with Gasteiger partial charge in [0.1, 0.15) is 0 Å². The molecule has 25 heavy (non-hydrogen) atoms. The van der Waals surface area contributed by atoms with Crippen molar-refractivity contribution in [1.82, 2.24) is 15.5 Å². The van der Waals surface area contributed by atoms with Gasteiger partial charge >= 0.3 is 0 Å². The molecule has 1 atom stereocenters. The second kappa shape index (κ2) is 10.1. The Morgan fingerprint density at radius 2 is 2.00 bits per heavy atom. The number of amides is 1. The molecule has 0 aromatic heterocycles. The van der Waals surface area contributed by atoms with Crippen LogP contribution >= 0.6 is 0 Å². The fourth-order valence-electron chi connectivity index (χ4n) is 3.37. The number of carbonyl (C=O) groups excluding carboxylic acids is 1. The molecule has 5 heteroatoms. The van der Waals surface area contributed by atoms with E-state index in [0.717, 1.165) is 38.3 Å². The lowest BCUT2D eigenvalue weighted by molar-refractivity contribution is -0.134. The Labute approximate surface area is 151 Å². The topological polar surface area (TPSA) is 56.7 Å². The standard InChI is InChI=1S/C20H32N4O/c1-4-17-10-5-6-11-18(17)15-23-20(21-3)22-13-12-19(25)24-14-8-7-9-16(24)2/h5-6,10-11,16H,4,7-9,12-15H2,1-3H3,(H2,21,22,23). The molecule has 138 valence electrons. The zero-order chi connectivity index (χ0) is 18.1. The lowest BCUT2D eigenvalue weighted by Gasteiger charge is -2.33. The first-order chi connectivity index (χ1) is 12.2. The molecule has 0 saturated carbocycles. The van der Waals surface area contributed by atoms with Gasteiger partial charge in [-0.2, -0.15) is 0 Å². The summed E-state index contributed by atoms with van der Waals surface area (Å²) < 4.78 is 0. The van der Waals surface area contributed by atoms with E-state index in [9.17, 15) is 4.79 Å². The molecule has 0 spiro atoms. The summed E-state index contributed by atoms with van der Waals surface area (Å²) in [5, 5.41) is 6.59. The number of aryl methyl sites for hydroxylation is 1. The summed E-state index contributed by atoms with van der Waals surface area (Å²) in [6.45, 7) is 6.56. The smallest absolute Gasteiger partial charge is 0.224 e. The van der Waals surface area contributed by atoms with Crippen LogP contribution in [-0.4, -0.2) is 42.9 Å². The number of hydrogen-bond acceptors (Lipinski definition) is 2. The van der Waals surface area contributed by atoms with Gasteiger partial charge in [-0.25, -0.2) is 0 Å². The van der Waals surface area contributed by atoms with E-state index in [1.807, 2.05) is 4.90 Å². The third-order valence-corrected chi connectivity index (χ3v) is 4.92. The summed E-state index contributed by atoms with van der Waals surface area (Å²) in [6, 6.07) is 8.81. The lowest BCUT2D eigenvalue weighted by Crippen LogP contribution is -2.44. The Morgan fingerprint density at radius 1 is 1.24 bits per heavy atom. The summed E-state index contributed by atoms with van der Waals surface area (Å²) in [5.74, 6) is 0.983. The first-order valence-corrected chi connectivity index (χ1v) is 9.46. The van der Waals surface area contributed by atoms with Crippen LogP contribution in [0.15, 0.2) is 29.3 Å². The minimum Gasteiger partial charge on any atom is -0.356 e. The molecule has 1 aliphatic rings. The molecule has 1 fully saturated rings. The van der Waals surface area contributed by atoms with Crippen LogP contribution in [-0.2, 0) is 17.8 Å². The summed E-state index contributed by atoms with van der Waals surface area (Å²) in [7, 11) is 1.76. The van der Waals surface area contributed by atoms with Crippen molar-refractivity contribution in [3.8, 4) is 0 Å². The Kier molecular flexibility index (Phi) is 7.76. The van der Waals surface area contributed by atoms with Gasteiger partial charge in [-0.1, -0.05) is 31.2 Å². The van der Waals surface area contributed by atoms with Crippen LogP contribution in [0, 0.1) is 0 Å². The number of carbonyl (C=O) groups is 1. The number of nitrogens with one attached hydrogen (secondary N) is 2. The van der Waals surface area contributed by atoms with E-state index in [4.69, 9.17) is 0 Å². The maximum absolute atomic E-state index is 12.4. The third kappa shape index (κ3) is 5.76. The largest absolute Gasteiger partial charge is 0.356 e. The maximum Gasteiger partial charge on any atom is 0.224 e. The van der Waals surface area contributed by atoms with Crippen molar-refractivity contribution in [3.05, 3.63) is 35.4 Å². The number of likely N-dealkylation sites (tertiary alicyclic amines) is 1. The second-order valence-electron chi connectivity index (χ2n) is 6.66. The molecule has 0 bridgehead atoms. The highest BCUT2D eigenvalue weighted by Crippen LogP contribution is 2.17. The Morgan fingerprint density at radius 3 is 2.68 bits per heavy atom. The van der Waals surface area contributed by atoms with Crippen molar-refractivity contribution in [2.45, 2.75) is 58.5 Å². The molecule has 0 aliphatic carbocycles. The Bertz CT molecular complexity index is 585. The van der Waals surface area contributed by atoms with Gasteiger partial charge in [-0.15, -0.1) is 0 Å². The van der Waals surface area contributed by atoms with Crippen LogP contribution in [0.1, 0.15) is 50.7 Å². The van der Waals surface area contributed by atoms with Crippen molar-refractivity contribution < 1.29 is 4.79 Å². The van der Waals surface area contributed by atoms with Crippen LogP contribution in [0.3, 0.4) is 0 Å². The average molecular weight is 345 g/mol. The van der Waals surface area contributed by atoms with Crippen LogP contribution in [0.25, 0.3) is 0 Å². The number of rotatable bonds is 6. The Balaban J connectivity index is 1.76. The zero-order valence-electron chi connectivity index (χ0n) is 15.8. The van der Waals surface area contributed by atoms with Crippen LogP contribution in [0.2, 0.25) is 0 Å². The van der Waals surface area contributed by atoms with Crippen molar-refractivity contribution in [2.75, 3.05) is 20.1 Å². The van der Waals surface area contributed by atoms with Crippen LogP contribution < -0.4 is 10.6 Å². The van der Waals surface area contributed by atoms with Crippen molar-refractivity contribution in [2.24, 2.45) is 4.99 Å². The second-order valence-corrected chi connectivity index (χ2v) is 6.66. The highest BCUT2D eigenvalue weighted by Gasteiger charge is 2.22. The molecule has 2 N–H and O–H groups in total.